The third kappa shape index (κ3) is 67.9. The maximum absolute atomic E-state index is 2.35. The average molecular weight is 1430 g/mol. The van der Waals surface area contributed by atoms with Gasteiger partial charge in [-0.15, -0.1) is 0 Å². The summed E-state index contributed by atoms with van der Waals surface area (Å²) in [7, 11) is 0. The molecule has 3 atom stereocenters. The second-order valence-corrected chi connectivity index (χ2v) is 22.4. The van der Waals surface area contributed by atoms with Crippen LogP contribution >= 0.6 is 0 Å². The van der Waals surface area contributed by atoms with Gasteiger partial charge in [0.2, 0.25) is 0 Å². The van der Waals surface area contributed by atoms with Gasteiger partial charge in [0.15, 0.2) is 0 Å². The van der Waals surface area contributed by atoms with E-state index in [0.717, 1.165) is 54.3 Å². The van der Waals surface area contributed by atoms with E-state index in [0.29, 0.717) is 0 Å². The first-order valence-corrected chi connectivity index (χ1v) is 37.9. The Hall–Kier alpha value is -2.47. The second kappa shape index (κ2) is 91.6. The van der Waals surface area contributed by atoms with Crippen molar-refractivity contribution in [2.24, 2.45) is 41.4 Å². The fraction of sp³-hybridized carbons (Fsp3) is 0.582. The Kier molecular flexibility index (Phi) is 110. The molecule has 0 N–H and O–H groups in total. The number of hydrogen-bond donors (Lipinski definition) is 0. The van der Waals surface area contributed by atoms with Crippen molar-refractivity contribution in [1.29, 1.82) is 0 Å². The van der Waals surface area contributed by atoms with Crippen LogP contribution in [-0.4, -0.2) is 0 Å². The normalized spacial score (nSPS) is 14.3. The summed E-state index contributed by atoms with van der Waals surface area (Å²) in [5.41, 5.74) is 8.03. The van der Waals surface area contributed by atoms with E-state index in [-0.39, 0.29) is 80.3 Å². The van der Waals surface area contributed by atoms with Gasteiger partial charge in [-0.05, 0) is 113 Å². The van der Waals surface area contributed by atoms with Crippen molar-refractivity contribution in [2.45, 2.75) is 308 Å². The summed E-state index contributed by atoms with van der Waals surface area (Å²) in [4.78, 5) is 0. The van der Waals surface area contributed by atoms with Gasteiger partial charge in [-0.2, -0.15) is 0 Å². The predicted molar refractivity (Wildman–Crippen MR) is 430 cm³/mol. The van der Waals surface area contributed by atoms with Gasteiger partial charge in [0, 0.05) is 65.4 Å². The van der Waals surface area contributed by atoms with E-state index in [1.807, 2.05) is 123 Å². The Morgan fingerprint density at radius 2 is 0.538 bits per heavy atom. The topological polar surface area (TPSA) is 0 Å². The Labute approximate surface area is 639 Å². The summed E-state index contributed by atoms with van der Waals surface area (Å²) in [6.07, 6.45) is 30.6. The van der Waals surface area contributed by atoms with E-state index in [4.69, 9.17) is 0 Å². The average Bonchev–Trinajstić information content (AvgIpc) is 2.50. The zero-order valence-corrected chi connectivity index (χ0v) is 73.0. The molecule has 4 aliphatic rings. The van der Waals surface area contributed by atoms with E-state index in [1.165, 1.54) is 97.6 Å². The predicted octanol–water partition coefficient (Wildman–Crippen LogP) is 31.9. The summed E-state index contributed by atoms with van der Waals surface area (Å²) in [5, 5.41) is 0. The molecule has 532 valence electrons. The van der Waals surface area contributed by atoms with Crippen LogP contribution in [0.15, 0.2) is 182 Å². The molecule has 4 fully saturated rings. The Bertz CT molecular complexity index is 1860. The Morgan fingerprint density at radius 3 is 0.710 bits per heavy atom. The first kappa shape index (κ1) is 112. The number of hydrogen-bond acceptors (Lipinski definition) is 0. The molecule has 0 saturated heterocycles. The molecule has 10 rings (SSSR count). The van der Waals surface area contributed by atoms with Crippen LogP contribution in [0.1, 0.15) is 317 Å². The standard InChI is InChI=1S/C13H24.2C13H12.C12H10.C9H16.2C5H12.C3H8.8C2H6.2CH3.2Y/c3*1-3-7-12(8-4-1)11-13-9-5-2-6-10-13;1-3-7-11(8-4-1)12-9-5-2-6-10-12;1-2-8-5-7-3-4-9(8)6-7;2*1-4-5(2)3;1-3-2;8*1-2;;;;/h12-13H,1-11H2;2*1-10H,11H2;1-10H;7-9H,2-6H2,1H3;2*5H,4H2,1-3H3;3H2,1-2H3;8*1-2H3;2*1H3;;/q;;;;;;;;;;;;;;;;2*-1;;. The second-order valence-electron chi connectivity index (χ2n) is 22.4. The van der Waals surface area contributed by atoms with E-state index in [9.17, 15) is 0 Å². The monoisotopic (exact) mass is 1430 g/mol. The third-order valence-electron chi connectivity index (χ3n) is 15.2. The Balaban J connectivity index is -0.000000104. The van der Waals surface area contributed by atoms with Crippen molar-refractivity contribution < 1.29 is 65.4 Å². The molecule has 3 unspecified atom stereocenters. The van der Waals surface area contributed by atoms with Gasteiger partial charge in [0.05, 0.1) is 0 Å². The molecule has 0 nitrogen and oxygen atoms in total. The molecule has 4 saturated carbocycles. The van der Waals surface area contributed by atoms with Gasteiger partial charge in [-0.1, -0.05) is 451 Å². The van der Waals surface area contributed by atoms with Crippen molar-refractivity contribution in [3.8, 4) is 11.1 Å². The number of benzene rings is 6. The molecule has 6 aromatic rings. The first-order valence-electron chi connectivity index (χ1n) is 37.9. The molecule has 2 heteroatoms. The summed E-state index contributed by atoms with van der Waals surface area (Å²) < 4.78 is 0. The summed E-state index contributed by atoms with van der Waals surface area (Å²) in [6.45, 7) is 51.9. The maximum Gasteiger partial charge on any atom is 0 e. The fourth-order valence-corrected chi connectivity index (χ4v) is 10.3. The molecule has 6 aromatic carbocycles. The smallest absolute Gasteiger partial charge is 0 e. The van der Waals surface area contributed by atoms with Crippen LogP contribution in [0.3, 0.4) is 0 Å². The number of rotatable bonds is 10. The van der Waals surface area contributed by atoms with Crippen LogP contribution in [0.25, 0.3) is 11.1 Å². The van der Waals surface area contributed by atoms with E-state index < -0.39 is 0 Å². The minimum absolute atomic E-state index is 0. The molecule has 0 aliphatic heterocycles. The molecule has 0 aromatic heterocycles. The van der Waals surface area contributed by atoms with Crippen molar-refractivity contribution >= 4 is 0 Å². The van der Waals surface area contributed by atoms with Gasteiger partial charge in [-0.25, -0.2) is 0 Å². The van der Waals surface area contributed by atoms with Crippen molar-refractivity contribution in [3.05, 3.63) is 219 Å². The summed E-state index contributed by atoms with van der Waals surface area (Å²) in [5.74, 6) is 7.45. The van der Waals surface area contributed by atoms with Crippen LogP contribution in [-0.2, 0) is 78.3 Å². The minimum Gasteiger partial charge on any atom is -0.358 e. The quantitative estimate of drug-likeness (QED) is 0.120. The molecule has 0 amide bonds. The van der Waals surface area contributed by atoms with E-state index in [1.54, 1.807) is 57.8 Å². The largest absolute Gasteiger partial charge is 0.358 e. The molecular formula is C91H160Y2-2. The van der Waals surface area contributed by atoms with Crippen LogP contribution in [0.2, 0.25) is 0 Å². The molecule has 2 radical (unpaired) electrons. The van der Waals surface area contributed by atoms with Gasteiger partial charge in [-0.3, -0.25) is 0 Å². The Morgan fingerprint density at radius 1 is 0.312 bits per heavy atom. The number of fused-ring (bicyclic) bond motifs is 2. The zero-order valence-electron chi connectivity index (χ0n) is 67.4. The summed E-state index contributed by atoms with van der Waals surface area (Å²) in [6, 6.07) is 62.9. The first-order chi connectivity index (χ1) is 43.7. The molecular weight excluding hydrogens is 1270 g/mol. The molecule has 93 heavy (non-hydrogen) atoms. The van der Waals surface area contributed by atoms with Crippen LogP contribution < -0.4 is 0 Å². The molecule has 4 aliphatic carbocycles. The molecule has 0 spiro atoms. The zero-order chi connectivity index (χ0) is 68.6. The van der Waals surface area contributed by atoms with Gasteiger partial charge in [0.25, 0.3) is 0 Å². The molecule has 0 heterocycles. The third-order valence-corrected chi connectivity index (χ3v) is 15.2. The van der Waals surface area contributed by atoms with Gasteiger partial charge in [0.1, 0.15) is 0 Å². The van der Waals surface area contributed by atoms with Crippen molar-refractivity contribution in [2.75, 3.05) is 0 Å². The SMILES string of the molecule is C1CCC(CC2CCCCC2)CC1.CC.CC.CC.CC.CC.CC.CC.CC.CCC.CCC(C)C.CCC(C)C.CCC1CC2CCC1C2.[CH3-].[CH3-].[Y].[Y].c1ccc(-c2ccccc2)cc1.c1ccc(Cc2ccccc2)cc1.c1ccc(Cc2ccccc2)cc1. The van der Waals surface area contributed by atoms with E-state index in [2.05, 4.69) is 232 Å². The van der Waals surface area contributed by atoms with Gasteiger partial charge < -0.3 is 14.9 Å². The minimum atomic E-state index is 0. The van der Waals surface area contributed by atoms with Crippen LogP contribution in [0, 0.1) is 56.3 Å². The van der Waals surface area contributed by atoms with Crippen LogP contribution in [0.5, 0.6) is 0 Å². The van der Waals surface area contributed by atoms with Gasteiger partial charge >= 0.3 is 0 Å². The van der Waals surface area contributed by atoms with Crippen molar-refractivity contribution in [1.82, 2.24) is 0 Å². The van der Waals surface area contributed by atoms with Crippen LogP contribution in [0.4, 0.5) is 0 Å². The van der Waals surface area contributed by atoms with Crippen molar-refractivity contribution in [3.63, 3.8) is 0 Å². The maximum atomic E-state index is 2.35. The summed E-state index contributed by atoms with van der Waals surface area (Å²) >= 11 is 0. The fourth-order valence-electron chi connectivity index (χ4n) is 10.3. The van der Waals surface area contributed by atoms with E-state index >= 15 is 0 Å². The molecule has 2 bridgehead atoms.